The van der Waals surface area contributed by atoms with Gasteiger partial charge in [-0.3, -0.25) is 4.79 Å². The summed E-state index contributed by atoms with van der Waals surface area (Å²) in [5.74, 6) is 0.0342. The molecule has 5 nitrogen and oxygen atoms in total. The van der Waals surface area contributed by atoms with Crippen LogP contribution >= 0.6 is 11.8 Å². The molecule has 1 aliphatic rings. The number of halogens is 3. The van der Waals surface area contributed by atoms with Gasteiger partial charge >= 0.3 is 12.2 Å². The second kappa shape index (κ2) is 7.43. The van der Waals surface area contributed by atoms with Crippen LogP contribution in [-0.2, 0) is 4.79 Å². The number of hydrogen-bond donors (Lipinski definition) is 2. The van der Waals surface area contributed by atoms with Gasteiger partial charge in [-0.2, -0.15) is 24.9 Å². The molecule has 1 aliphatic heterocycles. The van der Waals surface area contributed by atoms with Gasteiger partial charge in [-0.15, -0.1) is 0 Å². The van der Waals surface area contributed by atoms with Gasteiger partial charge in [0.25, 0.3) is 0 Å². The molecule has 0 radical (unpaired) electrons. The van der Waals surface area contributed by atoms with E-state index in [0.29, 0.717) is 6.54 Å². The van der Waals surface area contributed by atoms with E-state index in [4.69, 9.17) is 0 Å². The van der Waals surface area contributed by atoms with E-state index in [1.54, 1.807) is 11.8 Å². The van der Waals surface area contributed by atoms with Crippen LogP contribution in [0.15, 0.2) is 0 Å². The Morgan fingerprint density at radius 1 is 1.36 bits per heavy atom. The molecule has 1 saturated heterocycles. The Balaban J connectivity index is 2.29. The molecule has 0 aromatic heterocycles. The molecule has 2 N–H and O–H groups in total. The first-order valence-corrected chi connectivity index (χ1v) is 8.00. The Kier molecular flexibility index (Phi) is 6.39. The fourth-order valence-electron chi connectivity index (χ4n) is 1.98. The maximum Gasteiger partial charge on any atom is 0.406 e. The zero-order valence-electron chi connectivity index (χ0n) is 12.9. The Morgan fingerprint density at radius 2 is 2.00 bits per heavy atom. The van der Waals surface area contributed by atoms with E-state index in [2.05, 4.69) is 31.4 Å². The van der Waals surface area contributed by atoms with E-state index in [1.807, 2.05) is 0 Å². The molecule has 1 heterocycles. The van der Waals surface area contributed by atoms with Crippen LogP contribution in [0.3, 0.4) is 0 Å². The molecular formula is C13H22F3N3O2S. The van der Waals surface area contributed by atoms with Gasteiger partial charge in [-0.25, -0.2) is 4.79 Å². The van der Waals surface area contributed by atoms with Crippen molar-refractivity contribution < 1.29 is 22.8 Å². The van der Waals surface area contributed by atoms with Gasteiger partial charge in [0.1, 0.15) is 12.6 Å². The summed E-state index contributed by atoms with van der Waals surface area (Å²) in [6, 6.07) is -1.40. The third-order valence-corrected chi connectivity index (χ3v) is 4.17. The predicted molar refractivity (Wildman–Crippen MR) is 79.8 cm³/mol. The number of alkyl halides is 3. The van der Waals surface area contributed by atoms with Crippen LogP contribution in [0.1, 0.15) is 27.2 Å². The lowest BCUT2D eigenvalue weighted by atomic mass is 10.2. The van der Waals surface area contributed by atoms with E-state index in [-0.39, 0.29) is 17.7 Å². The molecule has 0 aromatic carbocycles. The highest BCUT2D eigenvalue weighted by Crippen LogP contribution is 2.22. The molecule has 9 heteroatoms. The fraction of sp³-hybridized carbons (Fsp3) is 0.846. The van der Waals surface area contributed by atoms with Crippen LogP contribution in [0.25, 0.3) is 0 Å². The molecule has 1 atom stereocenters. The van der Waals surface area contributed by atoms with Crippen LogP contribution in [0.5, 0.6) is 0 Å². The molecule has 0 unspecified atom stereocenters. The molecule has 3 amide bonds. The Morgan fingerprint density at radius 3 is 2.55 bits per heavy atom. The van der Waals surface area contributed by atoms with Crippen molar-refractivity contribution in [3.63, 3.8) is 0 Å². The summed E-state index contributed by atoms with van der Waals surface area (Å²) >= 11 is 1.68. The molecule has 0 saturated carbocycles. The van der Waals surface area contributed by atoms with Gasteiger partial charge in [-0.05, 0) is 6.42 Å². The maximum absolute atomic E-state index is 12.3. The van der Waals surface area contributed by atoms with Gasteiger partial charge in [0.15, 0.2) is 0 Å². The normalized spacial score (nSPS) is 19.5. The standard InChI is InChI=1S/C13H22F3N3O2S/c1-12(2,3)22-7-5-17-11(21)18-9-4-6-19(10(9)20)8-13(14,15)16/h9H,4-8H2,1-3H3,(H2,17,18,21)/t9-/m0/s1. The van der Waals surface area contributed by atoms with Gasteiger partial charge in [0.05, 0.1) is 0 Å². The number of nitrogens with zero attached hydrogens (tertiary/aromatic N) is 1. The number of likely N-dealkylation sites (tertiary alicyclic amines) is 1. The van der Waals surface area contributed by atoms with Gasteiger partial charge in [-0.1, -0.05) is 20.8 Å². The maximum atomic E-state index is 12.3. The van der Waals surface area contributed by atoms with E-state index in [9.17, 15) is 22.8 Å². The van der Waals surface area contributed by atoms with Crippen LogP contribution < -0.4 is 10.6 Å². The summed E-state index contributed by atoms with van der Waals surface area (Å²) in [7, 11) is 0. The quantitative estimate of drug-likeness (QED) is 0.752. The van der Waals surface area contributed by atoms with Crippen molar-refractivity contribution in [2.45, 2.75) is 44.2 Å². The first kappa shape index (κ1) is 18.9. The molecule has 0 aromatic rings. The van der Waals surface area contributed by atoms with Crippen LogP contribution in [0.2, 0.25) is 0 Å². The van der Waals surface area contributed by atoms with E-state index >= 15 is 0 Å². The van der Waals surface area contributed by atoms with Gasteiger partial charge in [0, 0.05) is 23.6 Å². The van der Waals surface area contributed by atoms with E-state index in [1.165, 1.54) is 0 Å². The monoisotopic (exact) mass is 341 g/mol. The lowest BCUT2D eigenvalue weighted by Gasteiger charge is -2.19. The third kappa shape index (κ3) is 7.24. The van der Waals surface area contributed by atoms with Crippen molar-refractivity contribution in [3.05, 3.63) is 0 Å². The zero-order chi connectivity index (χ0) is 17.0. The molecule has 22 heavy (non-hydrogen) atoms. The molecule has 0 spiro atoms. The average molecular weight is 341 g/mol. The number of thioether (sulfide) groups is 1. The Bertz CT molecular complexity index is 410. The number of carbonyl (C=O) groups is 2. The van der Waals surface area contributed by atoms with E-state index < -0.39 is 30.7 Å². The summed E-state index contributed by atoms with van der Waals surface area (Å²) < 4.78 is 36.9. The molecule has 0 bridgehead atoms. The second-order valence-electron chi connectivity index (χ2n) is 6.08. The number of urea groups is 1. The van der Waals surface area contributed by atoms with Crippen LogP contribution in [0.4, 0.5) is 18.0 Å². The Hall–Kier alpha value is -1.12. The average Bonchev–Trinajstić information content (AvgIpc) is 2.64. The fourth-order valence-corrected chi connectivity index (χ4v) is 2.79. The first-order valence-electron chi connectivity index (χ1n) is 7.02. The number of carbonyl (C=O) groups excluding carboxylic acids is 2. The van der Waals surface area contributed by atoms with Crippen LogP contribution in [-0.4, -0.2) is 59.2 Å². The van der Waals surface area contributed by atoms with Crippen molar-refractivity contribution in [1.29, 1.82) is 0 Å². The summed E-state index contributed by atoms with van der Waals surface area (Å²) in [6.07, 6.45) is -4.23. The third-order valence-electron chi connectivity index (χ3n) is 2.90. The first-order chi connectivity index (χ1) is 9.98. The largest absolute Gasteiger partial charge is 0.406 e. The summed E-state index contributed by atoms with van der Waals surface area (Å²) in [5, 5.41) is 5.03. The van der Waals surface area contributed by atoms with E-state index in [0.717, 1.165) is 10.7 Å². The number of nitrogens with one attached hydrogen (secondary N) is 2. The summed E-state index contributed by atoms with van der Waals surface area (Å²) in [5.41, 5.74) is 0. The van der Waals surface area contributed by atoms with Crippen molar-refractivity contribution in [1.82, 2.24) is 15.5 Å². The highest BCUT2D eigenvalue weighted by Gasteiger charge is 2.39. The molecular weight excluding hydrogens is 319 g/mol. The smallest absolute Gasteiger partial charge is 0.337 e. The summed E-state index contributed by atoms with van der Waals surface area (Å²) in [4.78, 5) is 24.1. The highest BCUT2D eigenvalue weighted by molar-refractivity contribution is 8.00. The minimum atomic E-state index is -4.42. The molecule has 1 fully saturated rings. The lowest BCUT2D eigenvalue weighted by molar-refractivity contribution is -0.157. The predicted octanol–water partition coefficient (Wildman–Crippen LogP) is 1.98. The molecule has 0 aliphatic carbocycles. The highest BCUT2D eigenvalue weighted by atomic mass is 32.2. The number of rotatable bonds is 5. The topological polar surface area (TPSA) is 61.4 Å². The summed E-state index contributed by atoms with van der Waals surface area (Å²) in [6.45, 7) is 5.34. The van der Waals surface area contributed by atoms with Gasteiger partial charge < -0.3 is 15.5 Å². The number of amides is 3. The zero-order valence-corrected chi connectivity index (χ0v) is 13.7. The molecule has 1 rings (SSSR count). The Labute approximate surface area is 132 Å². The second-order valence-corrected chi connectivity index (χ2v) is 8.00. The minimum Gasteiger partial charge on any atom is -0.337 e. The SMILES string of the molecule is CC(C)(C)SCCNC(=O)N[C@H]1CCN(CC(F)(F)F)C1=O. The van der Waals surface area contributed by atoms with Gasteiger partial charge in [0.2, 0.25) is 5.91 Å². The van der Waals surface area contributed by atoms with Crippen molar-refractivity contribution in [2.24, 2.45) is 0 Å². The lowest BCUT2D eigenvalue weighted by Crippen LogP contribution is -2.47. The van der Waals surface area contributed by atoms with Crippen molar-refractivity contribution in [2.75, 3.05) is 25.4 Å². The van der Waals surface area contributed by atoms with Crippen molar-refractivity contribution in [3.8, 4) is 0 Å². The number of hydrogen-bond acceptors (Lipinski definition) is 3. The van der Waals surface area contributed by atoms with Crippen LogP contribution in [0, 0.1) is 0 Å². The van der Waals surface area contributed by atoms with Crippen molar-refractivity contribution >= 4 is 23.7 Å². The molecule has 128 valence electrons. The minimum absolute atomic E-state index is 0.00314.